The molecule has 0 amide bonds. The van der Waals surface area contributed by atoms with E-state index in [0.717, 1.165) is 40.0 Å². The number of anilines is 2. The Morgan fingerprint density at radius 1 is 1.53 bits per heavy atom. The number of fused-ring (bicyclic) bond motifs is 1. The van der Waals surface area contributed by atoms with Gasteiger partial charge in [0.2, 0.25) is 0 Å². The first-order chi connectivity index (χ1) is 8.25. The Morgan fingerprint density at radius 2 is 2.35 bits per heavy atom. The van der Waals surface area contributed by atoms with Crippen molar-refractivity contribution in [3.8, 4) is 0 Å². The minimum Gasteiger partial charge on any atom is -0.395 e. The molecule has 2 aromatic rings. The topological polar surface area (TPSA) is 50.9 Å². The number of thiazole rings is 1. The molecule has 1 saturated carbocycles. The van der Waals surface area contributed by atoms with Gasteiger partial charge >= 0.3 is 0 Å². The van der Waals surface area contributed by atoms with E-state index in [1.807, 2.05) is 5.51 Å². The van der Waals surface area contributed by atoms with Crippen molar-refractivity contribution in [3.63, 3.8) is 0 Å². The normalized spacial score (nSPS) is 17.2. The van der Waals surface area contributed by atoms with E-state index >= 15 is 0 Å². The Kier molecular flexibility index (Phi) is 2.67. The summed E-state index contributed by atoms with van der Waals surface area (Å²) in [7, 11) is 0. The molecule has 0 saturated heterocycles. The van der Waals surface area contributed by atoms with E-state index in [0.29, 0.717) is 0 Å². The molecule has 0 bridgehead atoms. The van der Waals surface area contributed by atoms with Gasteiger partial charge in [0.25, 0.3) is 0 Å². The van der Waals surface area contributed by atoms with Gasteiger partial charge in [0, 0.05) is 6.54 Å². The number of hydrogen-bond donors (Lipinski definition) is 2. The summed E-state index contributed by atoms with van der Waals surface area (Å²) in [5, 5.41) is 3.46. The zero-order chi connectivity index (χ0) is 11.8. The van der Waals surface area contributed by atoms with Crippen LogP contribution in [0.25, 0.3) is 10.2 Å². The molecule has 1 unspecified atom stereocenters. The van der Waals surface area contributed by atoms with E-state index < -0.39 is 0 Å². The fourth-order valence-corrected chi connectivity index (χ4v) is 2.90. The van der Waals surface area contributed by atoms with Gasteiger partial charge in [0.15, 0.2) is 0 Å². The van der Waals surface area contributed by atoms with Crippen LogP contribution >= 0.6 is 11.3 Å². The predicted octanol–water partition coefficient (Wildman–Crippen LogP) is 3.34. The highest BCUT2D eigenvalue weighted by Crippen LogP contribution is 2.37. The average Bonchev–Trinajstić information content (AvgIpc) is 3.07. The number of nitrogen functional groups attached to an aromatic ring is 1. The molecule has 3 nitrogen and oxygen atoms in total. The molecule has 1 aliphatic rings. The molecule has 0 radical (unpaired) electrons. The number of nitrogens with zero attached hydrogens (tertiary/aromatic N) is 1. The molecular formula is C13H17N3S. The SMILES string of the molecule is CC(CNc1ccc2scnc2c1N)C1CC1. The van der Waals surface area contributed by atoms with E-state index in [1.165, 1.54) is 12.8 Å². The molecule has 17 heavy (non-hydrogen) atoms. The number of aromatic nitrogens is 1. The van der Waals surface area contributed by atoms with Crippen LogP contribution < -0.4 is 11.1 Å². The maximum Gasteiger partial charge on any atom is 0.106 e. The average molecular weight is 247 g/mol. The van der Waals surface area contributed by atoms with Crippen molar-refractivity contribution in [1.82, 2.24) is 4.98 Å². The molecule has 0 spiro atoms. The third kappa shape index (κ3) is 2.09. The minimum atomic E-state index is 0.737. The number of nitrogens with two attached hydrogens (primary N) is 1. The van der Waals surface area contributed by atoms with Gasteiger partial charge in [-0.2, -0.15) is 0 Å². The van der Waals surface area contributed by atoms with E-state index in [1.54, 1.807) is 11.3 Å². The van der Waals surface area contributed by atoms with Gasteiger partial charge in [0.05, 0.1) is 21.6 Å². The Bertz CT molecular complexity index is 530. The Balaban J connectivity index is 1.77. The summed E-state index contributed by atoms with van der Waals surface area (Å²) in [6.45, 7) is 3.31. The van der Waals surface area contributed by atoms with Crippen molar-refractivity contribution in [2.24, 2.45) is 11.8 Å². The summed E-state index contributed by atoms with van der Waals surface area (Å²) in [6, 6.07) is 4.16. The maximum absolute atomic E-state index is 6.12. The zero-order valence-corrected chi connectivity index (χ0v) is 10.8. The van der Waals surface area contributed by atoms with Crippen LogP contribution in [0.2, 0.25) is 0 Å². The lowest BCUT2D eigenvalue weighted by molar-refractivity contribution is 0.537. The van der Waals surface area contributed by atoms with Crippen LogP contribution in [0.15, 0.2) is 17.6 Å². The Labute approximate surface area is 105 Å². The second-order valence-corrected chi connectivity index (χ2v) is 5.81. The predicted molar refractivity (Wildman–Crippen MR) is 74.4 cm³/mol. The summed E-state index contributed by atoms with van der Waals surface area (Å²) in [4.78, 5) is 4.31. The Hall–Kier alpha value is -1.29. The number of benzene rings is 1. The minimum absolute atomic E-state index is 0.737. The molecule has 1 aromatic carbocycles. The molecule has 90 valence electrons. The second-order valence-electron chi connectivity index (χ2n) is 4.92. The van der Waals surface area contributed by atoms with Crippen molar-refractivity contribution in [1.29, 1.82) is 0 Å². The van der Waals surface area contributed by atoms with Crippen molar-refractivity contribution in [3.05, 3.63) is 17.6 Å². The summed E-state index contributed by atoms with van der Waals surface area (Å²) < 4.78 is 1.16. The lowest BCUT2D eigenvalue weighted by Crippen LogP contribution is -2.13. The largest absolute Gasteiger partial charge is 0.395 e. The summed E-state index contributed by atoms with van der Waals surface area (Å²) in [5.41, 5.74) is 10.7. The van der Waals surface area contributed by atoms with E-state index in [4.69, 9.17) is 5.73 Å². The molecule has 1 aliphatic carbocycles. The fraction of sp³-hybridized carbons (Fsp3) is 0.462. The highest BCUT2D eigenvalue weighted by Gasteiger charge is 2.27. The van der Waals surface area contributed by atoms with Crippen LogP contribution in [-0.2, 0) is 0 Å². The molecule has 4 heteroatoms. The zero-order valence-electron chi connectivity index (χ0n) is 9.94. The molecule has 1 fully saturated rings. The first-order valence-corrected chi connectivity index (χ1v) is 6.99. The molecule has 1 heterocycles. The van der Waals surface area contributed by atoms with Crippen molar-refractivity contribution in [2.75, 3.05) is 17.6 Å². The van der Waals surface area contributed by atoms with E-state index in [2.05, 4.69) is 29.4 Å². The molecule has 1 aromatic heterocycles. The molecule has 3 rings (SSSR count). The van der Waals surface area contributed by atoms with Crippen LogP contribution in [0.4, 0.5) is 11.4 Å². The van der Waals surface area contributed by atoms with Gasteiger partial charge in [-0.15, -0.1) is 11.3 Å². The standard InChI is InChI=1S/C13H17N3S/c1-8(9-2-3-9)6-15-10-4-5-11-13(12(10)14)16-7-17-11/h4-5,7-9,15H,2-3,6,14H2,1H3. The molecular weight excluding hydrogens is 230 g/mol. The lowest BCUT2D eigenvalue weighted by atomic mass is 10.1. The van der Waals surface area contributed by atoms with Crippen LogP contribution in [0, 0.1) is 11.8 Å². The van der Waals surface area contributed by atoms with Gasteiger partial charge in [-0.1, -0.05) is 6.92 Å². The van der Waals surface area contributed by atoms with E-state index in [-0.39, 0.29) is 0 Å². The Morgan fingerprint density at radius 3 is 3.12 bits per heavy atom. The smallest absolute Gasteiger partial charge is 0.106 e. The summed E-state index contributed by atoms with van der Waals surface area (Å²) in [5.74, 6) is 1.66. The van der Waals surface area contributed by atoms with Crippen LogP contribution in [0.5, 0.6) is 0 Å². The van der Waals surface area contributed by atoms with Gasteiger partial charge in [-0.25, -0.2) is 4.98 Å². The summed E-state index contributed by atoms with van der Waals surface area (Å²) >= 11 is 1.63. The number of nitrogens with one attached hydrogen (secondary N) is 1. The van der Waals surface area contributed by atoms with Crippen LogP contribution in [-0.4, -0.2) is 11.5 Å². The van der Waals surface area contributed by atoms with Gasteiger partial charge in [-0.05, 0) is 36.8 Å². The second kappa shape index (κ2) is 4.18. The van der Waals surface area contributed by atoms with Gasteiger partial charge < -0.3 is 11.1 Å². The first kappa shape index (κ1) is 10.8. The van der Waals surface area contributed by atoms with Crippen molar-refractivity contribution < 1.29 is 0 Å². The summed E-state index contributed by atoms with van der Waals surface area (Å²) in [6.07, 6.45) is 2.78. The first-order valence-electron chi connectivity index (χ1n) is 6.11. The van der Waals surface area contributed by atoms with Crippen LogP contribution in [0.3, 0.4) is 0 Å². The lowest BCUT2D eigenvalue weighted by Gasteiger charge is -2.14. The quantitative estimate of drug-likeness (QED) is 0.815. The molecule has 1 atom stereocenters. The van der Waals surface area contributed by atoms with Crippen LogP contribution in [0.1, 0.15) is 19.8 Å². The molecule has 0 aliphatic heterocycles. The van der Waals surface area contributed by atoms with E-state index in [9.17, 15) is 0 Å². The number of hydrogen-bond acceptors (Lipinski definition) is 4. The third-order valence-corrected chi connectivity index (χ3v) is 4.38. The van der Waals surface area contributed by atoms with Crippen molar-refractivity contribution in [2.45, 2.75) is 19.8 Å². The van der Waals surface area contributed by atoms with Gasteiger partial charge in [-0.3, -0.25) is 0 Å². The highest BCUT2D eigenvalue weighted by molar-refractivity contribution is 7.16. The third-order valence-electron chi connectivity index (χ3n) is 3.58. The highest BCUT2D eigenvalue weighted by atomic mass is 32.1. The number of rotatable bonds is 4. The monoisotopic (exact) mass is 247 g/mol. The van der Waals surface area contributed by atoms with Gasteiger partial charge in [0.1, 0.15) is 5.52 Å². The molecule has 3 N–H and O–H groups in total. The maximum atomic E-state index is 6.12. The van der Waals surface area contributed by atoms with Crippen molar-refractivity contribution >= 4 is 32.9 Å². The fourth-order valence-electron chi connectivity index (χ4n) is 2.21.